The molecule has 1 saturated carbocycles. The lowest BCUT2D eigenvalue weighted by atomic mass is 9.98. The summed E-state index contributed by atoms with van der Waals surface area (Å²) >= 11 is 0. The smallest absolute Gasteiger partial charge is 0.423 e. The van der Waals surface area contributed by atoms with E-state index in [1.165, 1.54) is 22.0 Å². The molecule has 0 bridgehead atoms. The molecular formula is C42H48N8O9S. The minimum atomic E-state index is -4.59. The first kappa shape index (κ1) is 41.9. The van der Waals surface area contributed by atoms with Gasteiger partial charge in [-0.25, -0.2) is 19.6 Å². The van der Waals surface area contributed by atoms with Gasteiger partial charge in [-0.2, -0.15) is 13.1 Å². The van der Waals surface area contributed by atoms with Gasteiger partial charge in [0.1, 0.15) is 24.6 Å². The first-order valence-corrected chi connectivity index (χ1v) is 21.0. The van der Waals surface area contributed by atoms with Crippen LogP contribution in [0, 0.1) is 5.92 Å². The third kappa shape index (κ3) is 9.62. The van der Waals surface area contributed by atoms with Crippen LogP contribution in [0.25, 0.3) is 10.9 Å². The highest BCUT2D eigenvalue weighted by Gasteiger charge is 2.51. The SMILES string of the molecule is C=CCN1CC(=O)N2[C@@H](Cc3ccc(OS(=O)(=O)NC(=O)OCCN(C)C)cc3)C(=O)N(Cc3cccc4c(C(=O)C5CC5)c[nH]c34)C[C@@H]2N1C(=O)NCc1ccccc1. The Kier molecular flexibility index (Phi) is 12.5. The Hall–Kier alpha value is -6.24. The first-order valence-electron chi connectivity index (χ1n) is 19.6. The van der Waals surface area contributed by atoms with Crippen molar-refractivity contribution in [2.24, 2.45) is 5.92 Å². The van der Waals surface area contributed by atoms with Crippen LogP contribution >= 0.6 is 0 Å². The van der Waals surface area contributed by atoms with Crippen molar-refractivity contribution in [2.75, 3.05) is 46.9 Å². The van der Waals surface area contributed by atoms with Gasteiger partial charge in [0.15, 0.2) is 5.78 Å². The monoisotopic (exact) mass is 840 g/mol. The number of carbonyl (C=O) groups is 5. The normalized spacial score (nSPS) is 18.4. The number of ketones is 1. The van der Waals surface area contributed by atoms with E-state index in [1.807, 2.05) is 48.5 Å². The maximum atomic E-state index is 14.7. The molecule has 2 saturated heterocycles. The molecule has 17 nitrogen and oxygen atoms in total. The molecule has 18 heteroatoms. The fraction of sp³-hybridized carbons (Fsp3) is 0.357. The van der Waals surface area contributed by atoms with Crippen molar-refractivity contribution in [2.45, 2.75) is 44.6 Å². The molecule has 3 N–H and O–H groups in total. The van der Waals surface area contributed by atoms with Gasteiger partial charge in [0.2, 0.25) is 11.8 Å². The number of aromatic nitrogens is 1. The molecule has 4 aromatic rings. The Morgan fingerprint density at radius 3 is 2.43 bits per heavy atom. The predicted molar refractivity (Wildman–Crippen MR) is 220 cm³/mol. The van der Waals surface area contributed by atoms with E-state index < -0.39 is 34.6 Å². The minimum absolute atomic E-state index is 0.00866. The number of fused-ring (bicyclic) bond motifs is 2. The van der Waals surface area contributed by atoms with Crippen LogP contribution in [0.2, 0.25) is 0 Å². The number of carbonyl (C=O) groups excluding carboxylic acids is 5. The number of piperazine rings is 1. The number of benzene rings is 3. The minimum Gasteiger partial charge on any atom is -0.447 e. The lowest BCUT2D eigenvalue weighted by molar-refractivity contribution is -0.189. The molecule has 60 heavy (non-hydrogen) atoms. The van der Waals surface area contributed by atoms with E-state index in [9.17, 15) is 32.4 Å². The number of hydrogen-bond acceptors (Lipinski definition) is 11. The fourth-order valence-electron chi connectivity index (χ4n) is 7.53. The molecule has 3 fully saturated rings. The number of likely N-dealkylation sites (N-methyl/N-ethyl adjacent to an activating group) is 1. The van der Waals surface area contributed by atoms with Crippen molar-refractivity contribution in [3.63, 3.8) is 0 Å². The number of nitrogens with one attached hydrogen (secondary N) is 3. The Balaban J connectivity index is 1.16. The van der Waals surface area contributed by atoms with Gasteiger partial charge in [-0.05, 0) is 55.8 Å². The Morgan fingerprint density at radius 2 is 1.73 bits per heavy atom. The van der Waals surface area contributed by atoms with E-state index >= 15 is 0 Å². The zero-order valence-electron chi connectivity index (χ0n) is 33.4. The van der Waals surface area contributed by atoms with Gasteiger partial charge >= 0.3 is 22.4 Å². The standard InChI is InChI=1S/C42H48N8O9S/c1-4-19-48-27-37(51)49-35(22-28-13-17-32(18-14-28)59-60(56,57)45-42(55)58-21-20-46(2)3)40(53)47(26-36(49)50(48)41(54)44-23-29-9-6-5-7-10-29)25-31-11-8-12-33-34(24-43-38(31)33)39(52)30-15-16-30/h4-14,17-18,24,30,35-36,43H,1,15-16,19-23,25-27H2,2-3H3,(H,44,54)(H,45,55)/t35-,36-/m0/s1. The van der Waals surface area contributed by atoms with Crippen LogP contribution < -0.4 is 14.2 Å². The predicted octanol–water partition coefficient (Wildman–Crippen LogP) is 3.41. The Morgan fingerprint density at radius 1 is 0.983 bits per heavy atom. The number of hydrazine groups is 1. The molecule has 3 aliphatic rings. The number of rotatable bonds is 16. The fourth-order valence-corrected chi connectivity index (χ4v) is 8.20. The molecule has 5 amide bonds. The third-order valence-electron chi connectivity index (χ3n) is 10.6. The molecule has 2 aliphatic heterocycles. The second-order valence-corrected chi connectivity index (χ2v) is 16.5. The molecule has 1 aromatic heterocycles. The van der Waals surface area contributed by atoms with Gasteiger partial charge < -0.3 is 33.9 Å². The maximum absolute atomic E-state index is 14.7. The molecule has 0 spiro atoms. The lowest BCUT2D eigenvalue weighted by Gasteiger charge is -2.55. The van der Waals surface area contributed by atoms with Gasteiger partial charge in [-0.1, -0.05) is 66.7 Å². The Bertz CT molecular complexity index is 2370. The molecular weight excluding hydrogens is 793 g/mol. The zero-order valence-corrected chi connectivity index (χ0v) is 34.2. The number of urea groups is 1. The average molecular weight is 841 g/mol. The van der Waals surface area contributed by atoms with Gasteiger partial charge in [-0.3, -0.25) is 14.4 Å². The summed E-state index contributed by atoms with van der Waals surface area (Å²) in [4.78, 5) is 76.3. The maximum Gasteiger partial charge on any atom is 0.423 e. The van der Waals surface area contributed by atoms with Crippen LogP contribution in [0.3, 0.4) is 0 Å². The average Bonchev–Trinajstić information content (AvgIpc) is 3.97. The van der Waals surface area contributed by atoms with Crippen molar-refractivity contribution in [1.29, 1.82) is 0 Å². The molecule has 3 heterocycles. The summed E-state index contributed by atoms with van der Waals surface area (Å²) in [5.41, 5.74) is 3.52. The molecule has 316 valence electrons. The van der Waals surface area contributed by atoms with Gasteiger partial charge in [0, 0.05) is 55.7 Å². The van der Waals surface area contributed by atoms with E-state index in [1.54, 1.807) is 58.0 Å². The largest absolute Gasteiger partial charge is 0.447 e. The van der Waals surface area contributed by atoms with Crippen LogP contribution in [0.15, 0.2) is 91.6 Å². The van der Waals surface area contributed by atoms with Crippen molar-refractivity contribution >= 4 is 50.9 Å². The molecule has 3 aromatic carbocycles. The number of nitrogens with zero attached hydrogens (tertiary/aromatic N) is 5. The molecule has 1 aliphatic carbocycles. The van der Waals surface area contributed by atoms with Crippen LogP contribution in [0.4, 0.5) is 9.59 Å². The lowest BCUT2D eigenvalue weighted by Crippen LogP contribution is -2.76. The number of amides is 5. The third-order valence-corrected chi connectivity index (χ3v) is 11.4. The highest BCUT2D eigenvalue weighted by atomic mass is 32.2. The molecule has 2 atom stereocenters. The summed E-state index contributed by atoms with van der Waals surface area (Å²) in [6.07, 6.45) is 2.95. The number of para-hydroxylation sites is 1. The zero-order chi connectivity index (χ0) is 42.6. The van der Waals surface area contributed by atoms with Crippen LogP contribution in [0.1, 0.15) is 39.9 Å². The van der Waals surface area contributed by atoms with E-state index in [4.69, 9.17) is 8.92 Å². The number of aromatic amines is 1. The first-order chi connectivity index (χ1) is 28.8. The van der Waals surface area contributed by atoms with Gasteiger partial charge in [0.05, 0.1) is 18.6 Å². The topological polar surface area (TPSA) is 194 Å². The number of H-pyrrole nitrogens is 1. The summed E-state index contributed by atoms with van der Waals surface area (Å²) in [5.74, 6) is -0.731. The van der Waals surface area contributed by atoms with Crippen molar-refractivity contribution in [3.8, 4) is 5.75 Å². The van der Waals surface area contributed by atoms with Crippen molar-refractivity contribution in [3.05, 3.63) is 114 Å². The summed E-state index contributed by atoms with van der Waals surface area (Å²) in [7, 11) is -1.05. The summed E-state index contributed by atoms with van der Waals surface area (Å²) < 4.78 is 36.8. The second-order valence-electron chi connectivity index (χ2n) is 15.2. The van der Waals surface area contributed by atoms with Crippen LogP contribution in [-0.4, -0.2) is 127 Å². The van der Waals surface area contributed by atoms with E-state index in [0.717, 1.165) is 34.9 Å². The van der Waals surface area contributed by atoms with Gasteiger partial charge in [-0.15, -0.1) is 6.58 Å². The quantitative estimate of drug-likeness (QED) is 0.111. The summed E-state index contributed by atoms with van der Waals surface area (Å²) in [5, 5.41) is 6.84. The Labute approximate surface area is 348 Å². The molecule has 0 unspecified atom stereocenters. The van der Waals surface area contributed by atoms with Crippen molar-refractivity contribution in [1.82, 2.24) is 39.7 Å². The van der Waals surface area contributed by atoms with E-state index in [0.29, 0.717) is 17.7 Å². The second kappa shape index (κ2) is 17.9. The van der Waals surface area contributed by atoms with Crippen LogP contribution in [0.5, 0.6) is 5.75 Å². The number of ether oxygens (including phenoxy) is 1. The van der Waals surface area contributed by atoms with E-state index in [2.05, 4.69) is 16.9 Å². The molecule has 0 radical (unpaired) electrons. The molecule has 7 rings (SSSR count). The van der Waals surface area contributed by atoms with Crippen LogP contribution in [-0.2, 0) is 44.1 Å². The highest BCUT2D eigenvalue weighted by molar-refractivity contribution is 7.85. The van der Waals surface area contributed by atoms with Gasteiger partial charge in [0.25, 0.3) is 0 Å². The number of Topliss-reactive ketones (excluding diaryl/α,β-unsaturated/α-hetero) is 1. The number of hydrogen-bond donors (Lipinski definition) is 3. The van der Waals surface area contributed by atoms with E-state index in [-0.39, 0.29) is 75.0 Å². The highest BCUT2D eigenvalue weighted by Crippen LogP contribution is 2.36. The summed E-state index contributed by atoms with van der Waals surface area (Å²) in [6.45, 7) is 4.50. The summed E-state index contributed by atoms with van der Waals surface area (Å²) in [6, 6.07) is 19.3. The van der Waals surface area contributed by atoms with Crippen molar-refractivity contribution < 1.29 is 41.3 Å².